The number of hydrogen-bond donors (Lipinski definition) is 1. The Morgan fingerprint density at radius 2 is 2.05 bits per heavy atom. The lowest BCUT2D eigenvalue weighted by Crippen LogP contribution is -2.01. The van der Waals surface area contributed by atoms with Crippen LogP contribution in [0.3, 0.4) is 0 Å². The minimum atomic E-state index is -0.796. The summed E-state index contributed by atoms with van der Waals surface area (Å²) >= 11 is 3.56. The first-order chi connectivity index (χ1) is 9.40. The maximum absolute atomic E-state index is 10.7. The predicted molar refractivity (Wildman–Crippen MR) is 81.4 cm³/mol. The maximum atomic E-state index is 10.7. The van der Waals surface area contributed by atoms with Gasteiger partial charge in [0.1, 0.15) is 4.60 Å². The Labute approximate surface area is 126 Å². The molecule has 0 saturated heterocycles. The molecule has 0 saturated carbocycles. The van der Waals surface area contributed by atoms with Crippen LogP contribution in [0, 0.1) is 20.8 Å². The fraction of sp³-hybridized carbons (Fsp3) is 0.333. The monoisotopic (exact) mass is 336 g/mol. The molecule has 0 aliphatic heterocycles. The van der Waals surface area contributed by atoms with Crippen molar-refractivity contribution in [1.82, 2.24) is 9.78 Å². The van der Waals surface area contributed by atoms with Crippen LogP contribution in [0.4, 0.5) is 0 Å². The summed E-state index contributed by atoms with van der Waals surface area (Å²) in [5.74, 6) is -0.796. The molecule has 0 spiro atoms. The third-order valence-electron chi connectivity index (χ3n) is 3.30. The summed E-state index contributed by atoms with van der Waals surface area (Å²) in [5.41, 5.74) is 5.12. The van der Waals surface area contributed by atoms with Crippen LogP contribution in [0.15, 0.2) is 22.8 Å². The molecule has 4 nitrogen and oxygen atoms in total. The van der Waals surface area contributed by atoms with Crippen LogP contribution in [0.2, 0.25) is 0 Å². The van der Waals surface area contributed by atoms with Gasteiger partial charge in [-0.1, -0.05) is 12.1 Å². The molecule has 5 heteroatoms. The molecule has 0 radical (unpaired) electrons. The molecule has 1 N–H and O–H groups in total. The van der Waals surface area contributed by atoms with E-state index < -0.39 is 5.97 Å². The normalized spacial score (nSPS) is 10.8. The molecule has 1 aromatic carbocycles. The molecule has 0 bridgehead atoms. The number of carbonyl (C=O) groups is 1. The molecule has 0 unspecified atom stereocenters. The summed E-state index contributed by atoms with van der Waals surface area (Å²) in [6.45, 7) is 5.98. The topological polar surface area (TPSA) is 55.1 Å². The van der Waals surface area contributed by atoms with Crippen molar-refractivity contribution in [2.75, 3.05) is 0 Å². The fourth-order valence-corrected chi connectivity index (χ4v) is 2.91. The van der Waals surface area contributed by atoms with Crippen molar-refractivity contribution < 1.29 is 9.90 Å². The average Bonchev–Trinajstić information content (AvgIpc) is 2.65. The smallest absolute Gasteiger partial charge is 0.303 e. The first-order valence-electron chi connectivity index (χ1n) is 6.43. The van der Waals surface area contributed by atoms with Gasteiger partial charge in [0.05, 0.1) is 11.4 Å². The highest BCUT2D eigenvalue weighted by Crippen LogP contribution is 2.27. The summed E-state index contributed by atoms with van der Waals surface area (Å²) < 4.78 is 2.68. The minimum Gasteiger partial charge on any atom is -0.481 e. The Hall–Kier alpha value is -1.62. The number of aromatic nitrogens is 2. The van der Waals surface area contributed by atoms with E-state index in [1.165, 1.54) is 0 Å². The zero-order valence-electron chi connectivity index (χ0n) is 11.8. The van der Waals surface area contributed by atoms with Crippen LogP contribution < -0.4 is 0 Å². The highest BCUT2D eigenvalue weighted by Gasteiger charge is 2.16. The van der Waals surface area contributed by atoms with E-state index in [-0.39, 0.29) is 6.42 Å². The SMILES string of the molecule is Cc1ccc(C)c(-n2nc(C)c(CCC(=O)O)c2Br)c1. The van der Waals surface area contributed by atoms with Crippen molar-refractivity contribution in [3.8, 4) is 5.69 Å². The Balaban J connectivity index is 2.46. The van der Waals surface area contributed by atoms with Gasteiger partial charge in [0.2, 0.25) is 0 Å². The highest BCUT2D eigenvalue weighted by molar-refractivity contribution is 9.10. The number of benzene rings is 1. The number of nitrogens with zero attached hydrogens (tertiary/aromatic N) is 2. The van der Waals surface area contributed by atoms with Crippen molar-refractivity contribution in [2.24, 2.45) is 0 Å². The van der Waals surface area contributed by atoms with Gasteiger partial charge in [0.15, 0.2) is 0 Å². The second-order valence-corrected chi connectivity index (χ2v) is 5.70. The van der Waals surface area contributed by atoms with Crippen LogP contribution >= 0.6 is 15.9 Å². The molecule has 0 aliphatic rings. The summed E-state index contributed by atoms with van der Waals surface area (Å²) in [4.78, 5) is 10.7. The molecule has 2 rings (SSSR count). The second-order valence-electron chi connectivity index (χ2n) is 4.95. The van der Waals surface area contributed by atoms with Gasteiger partial charge >= 0.3 is 5.97 Å². The molecular formula is C15H17BrN2O2. The van der Waals surface area contributed by atoms with Crippen molar-refractivity contribution in [1.29, 1.82) is 0 Å². The van der Waals surface area contributed by atoms with E-state index in [2.05, 4.69) is 39.2 Å². The number of carboxylic acid groups (broad SMARTS) is 1. The molecule has 1 heterocycles. The molecular weight excluding hydrogens is 320 g/mol. The highest BCUT2D eigenvalue weighted by atomic mass is 79.9. The van der Waals surface area contributed by atoms with Crippen molar-refractivity contribution in [2.45, 2.75) is 33.6 Å². The zero-order chi connectivity index (χ0) is 14.9. The molecule has 106 valence electrons. The van der Waals surface area contributed by atoms with Crippen LogP contribution in [0.25, 0.3) is 5.69 Å². The fourth-order valence-electron chi connectivity index (χ4n) is 2.15. The Morgan fingerprint density at radius 1 is 1.35 bits per heavy atom. The van der Waals surface area contributed by atoms with Gasteiger partial charge in [0.25, 0.3) is 0 Å². The summed E-state index contributed by atoms with van der Waals surface area (Å²) in [6, 6.07) is 6.20. The molecule has 0 aliphatic carbocycles. The zero-order valence-corrected chi connectivity index (χ0v) is 13.4. The lowest BCUT2D eigenvalue weighted by Gasteiger charge is -2.08. The molecule has 20 heavy (non-hydrogen) atoms. The van der Waals surface area contributed by atoms with Gasteiger partial charge in [0, 0.05) is 12.0 Å². The third-order valence-corrected chi connectivity index (χ3v) is 4.12. The minimum absolute atomic E-state index is 0.109. The third kappa shape index (κ3) is 2.93. The predicted octanol–water partition coefficient (Wildman–Crippen LogP) is 3.58. The molecule has 2 aromatic rings. The Kier molecular flexibility index (Phi) is 4.28. The van der Waals surface area contributed by atoms with Gasteiger partial charge in [-0.25, -0.2) is 4.68 Å². The van der Waals surface area contributed by atoms with E-state index in [1.807, 2.05) is 25.5 Å². The maximum Gasteiger partial charge on any atom is 0.303 e. The van der Waals surface area contributed by atoms with Crippen LogP contribution in [-0.4, -0.2) is 20.9 Å². The largest absolute Gasteiger partial charge is 0.481 e. The number of aliphatic carboxylic acids is 1. The Bertz CT molecular complexity index is 662. The number of halogens is 1. The lowest BCUT2D eigenvalue weighted by molar-refractivity contribution is -0.136. The molecule has 0 amide bonds. The number of aryl methyl sites for hydroxylation is 3. The van der Waals surface area contributed by atoms with Crippen LogP contribution in [-0.2, 0) is 11.2 Å². The van der Waals surface area contributed by atoms with Crippen LogP contribution in [0.1, 0.15) is 28.8 Å². The summed E-state index contributed by atoms with van der Waals surface area (Å²) in [5, 5.41) is 13.4. The van der Waals surface area contributed by atoms with Crippen LogP contribution in [0.5, 0.6) is 0 Å². The lowest BCUT2D eigenvalue weighted by atomic mass is 10.1. The van der Waals surface area contributed by atoms with E-state index in [0.29, 0.717) is 6.42 Å². The van der Waals surface area contributed by atoms with Gasteiger partial charge in [-0.3, -0.25) is 4.79 Å². The van der Waals surface area contributed by atoms with E-state index in [0.717, 1.165) is 32.7 Å². The average molecular weight is 337 g/mol. The molecule has 0 atom stereocenters. The quantitative estimate of drug-likeness (QED) is 0.928. The van der Waals surface area contributed by atoms with Crippen molar-refractivity contribution in [3.63, 3.8) is 0 Å². The van der Waals surface area contributed by atoms with Crippen molar-refractivity contribution in [3.05, 3.63) is 45.2 Å². The summed E-state index contributed by atoms with van der Waals surface area (Å²) in [6.07, 6.45) is 0.588. The first-order valence-corrected chi connectivity index (χ1v) is 7.23. The Morgan fingerprint density at radius 3 is 2.70 bits per heavy atom. The molecule has 0 fully saturated rings. The summed E-state index contributed by atoms with van der Waals surface area (Å²) in [7, 11) is 0. The second kappa shape index (κ2) is 5.79. The van der Waals surface area contributed by atoms with Gasteiger partial charge in [-0.05, 0) is 60.3 Å². The number of hydrogen-bond acceptors (Lipinski definition) is 2. The standard InChI is InChI=1S/C15H17BrN2O2/c1-9-4-5-10(2)13(8-9)18-15(16)12(11(3)17-18)6-7-14(19)20/h4-5,8H,6-7H2,1-3H3,(H,19,20). The molecule has 1 aromatic heterocycles. The van der Waals surface area contributed by atoms with Crippen molar-refractivity contribution >= 4 is 21.9 Å². The van der Waals surface area contributed by atoms with E-state index >= 15 is 0 Å². The van der Waals surface area contributed by atoms with E-state index in [4.69, 9.17) is 5.11 Å². The number of rotatable bonds is 4. The van der Waals surface area contributed by atoms with E-state index in [9.17, 15) is 4.79 Å². The first kappa shape index (κ1) is 14.8. The van der Waals surface area contributed by atoms with Gasteiger partial charge < -0.3 is 5.11 Å². The van der Waals surface area contributed by atoms with Gasteiger partial charge in [-0.15, -0.1) is 0 Å². The van der Waals surface area contributed by atoms with Gasteiger partial charge in [-0.2, -0.15) is 5.10 Å². The van der Waals surface area contributed by atoms with E-state index in [1.54, 1.807) is 0 Å². The number of carboxylic acids is 1.